The Kier molecular flexibility index (Phi) is 6.00. The zero-order chi connectivity index (χ0) is 15.5. The van der Waals surface area contributed by atoms with E-state index in [2.05, 4.69) is 48.5 Å². The van der Waals surface area contributed by atoms with Crippen LogP contribution in [0.15, 0.2) is 54.6 Å². The van der Waals surface area contributed by atoms with Gasteiger partial charge in [-0.1, -0.05) is 48.5 Å². The first-order valence-corrected chi connectivity index (χ1v) is 7.86. The van der Waals surface area contributed by atoms with E-state index in [0.29, 0.717) is 6.54 Å². The smallest absolute Gasteiger partial charge is 0.0856 e. The van der Waals surface area contributed by atoms with Crippen LogP contribution in [-0.4, -0.2) is 36.8 Å². The van der Waals surface area contributed by atoms with Crippen LogP contribution in [0.2, 0.25) is 0 Å². The molecular formula is C20H24ClNO. The number of aliphatic hydroxyl groups is 1. The molecule has 0 spiro atoms. The van der Waals surface area contributed by atoms with Crippen LogP contribution in [0.1, 0.15) is 22.3 Å². The summed E-state index contributed by atoms with van der Waals surface area (Å²) in [6.07, 6.45) is 3.65. The van der Waals surface area contributed by atoms with Crippen molar-refractivity contribution in [2.45, 2.75) is 18.9 Å². The lowest BCUT2D eigenvalue weighted by atomic mass is 9.93. The fourth-order valence-electron chi connectivity index (χ4n) is 3.22. The number of aliphatic hydroxyl groups excluding tert-OH is 1. The number of halogens is 1. The van der Waals surface area contributed by atoms with Crippen LogP contribution in [0.25, 0.3) is 5.57 Å². The van der Waals surface area contributed by atoms with Crippen molar-refractivity contribution in [2.75, 3.05) is 20.6 Å². The van der Waals surface area contributed by atoms with Crippen LogP contribution in [0.4, 0.5) is 0 Å². The third-order valence-electron chi connectivity index (χ3n) is 4.19. The Morgan fingerprint density at radius 2 is 1.43 bits per heavy atom. The normalized spacial score (nSPS) is 14.3. The number of aryl methyl sites for hydroxylation is 2. The summed E-state index contributed by atoms with van der Waals surface area (Å²) in [5, 5.41) is 10.4. The summed E-state index contributed by atoms with van der Waals surface area (Å²) in [5.41, 5.74) is 6.40. The zero-order valence-corrected chi connectivity index (χ0v) is 14.5. The Bertz CT molecular complexity index is 644. The highest BCUT2D eigenvalue weighted by molar-refractivity contribution is 5.85. The van der Waals surface area contributed by atoms with E-state index in [1.54, 1.807) is 0 Å². The van der Waals surface area contributed by atoms with Gasteiger partial charge in [-0.3, -0.25) is 0 Å². The van der Waals surface area contributed by atoms with E-state index in [1.807, 2.05) is 25.1 Å². The monoisotopic (exact) mass is 329 g/mol. The first-order valence-electron chi connectivity index (χ1n) is 7.86. The Labute approximate surface area is 144 Å². The van der Waals surface area contributed by atoms with E-state index in [4.69, 9.17) is 0 Å². The number of nitrogens with zero attached hydrogens (tertiary/aromatic N) is 1. The zero-order valence-electron chi connectivity index (χ0n) is 13.7. The van der Waals surface area contributed by atoms with Gasteiger partial charge in [0.2, 0.25) is 0 Å². The van der Waals surface area contributed by atoms with E-state index in [-0.39, 0.29) is 12.4 Å². The molecule has 1 unspecified atom stereocenters. The lowest BCUT2D eigenvalue weighted by molar-refractivity contribution is 0.179. The van der Waals surface area contributed by atoms with E-state index in [0.717, 1.165) is 18.4 Å². The van der Waals surface area contributed by atoms with Gasteiger partial charge in [-0.05, 0) is 60.8 Å². The minimum Gasteiger partial charge on any atom is -0.388 e. The molecular weight excluding hydrogens is 306 g/mol. The predicted octanol–water partition coefficient (Wildman–Crippen LogP) is 3.56. The van der Waals surface area contributed by atoms with Gasteiger partial charge in [0.15, 0.2) is 0 Å². The first-order chi connectivity index (χ1) is 10.6. The lowest BCUT2D eigenvalue weighted by Gasteiger charge is -2.17. The maximum absolute atomic E-state index is 10.4. The second-order valence-corrected chi connectivity index (χ2v) is 6.22. The van der Waals surface area contributed by atoms with Crippen molar-refractivity contribution in [3.05, 3.63) is 76.9 Å². The number of fused-ring (bicyclic) bond motifs is 2. The van der Waals surface area contributed by atoms with Crippen LogP contribution in [0.5, 0.6) is 0 Å². The molecule has 3 heteroatoms. The van der Waals surface area contributed by atoms with Gasteiger partial charge in [0.05, 0.1) is 6.10 Å². The summed E-state index contributed by atoms with van der Waals surface area (Å²) in [7, 11) is 3.97. The van der Waals surface area contributed by atoms with Gasteiger partial charge >= 0.3 is 0 Å². The largest absolute Gasteiger partial charge is 0.388 e. The van der Waals surface area contributed by atoms with E-state index in [9.17, 15) is 5.11 Å². The number of hydrogen-bond donors (Lipinski definition) is 1. The van der Waals surface area contributed by atoms with Gasteiger partial charge in [-0.25, -0.2) is 0 Å². The van der Waals surface area contributed by atoms with Crippen molar-refractivity contribution in [2.24, 2.45) is 0 Å². The molecule has 3 rings (SSSR count). The molecule has 0 aliphatic heterocycles. The maximum Gasteiger partial charge on any atom is 0.0856 e. The van der Waals surface area contributed by atoms with Gasteiger partial charge < -0.3 is 10.0 Å². The predicted molar refractivity (Wildman–Crippen MR) is 99.2 cm³/mol. The van der Waals surface area contributed by atoms with Crippen LogP contribution < -0.4 is 0 Å². The van der Waals surface area contributed by atoms with E-state index in [1.165, 1.54) is 22.3 Å². The topological polar surface area (TPSA) is 23.5 Å². The van der Waals surface area contributed by atoms with E-state index < -0.39 is 6.10 Å². The lowest BCUT2D eigenvalue weighted by Crippen LogP contribution is -2.24. The minimum atomic E-state index is -0.468. The Balaban J connectivity index is 0.00000192. The molecule has 2 nitrogen and oxygen atoms in total. The highest BCUT2D eigenvalue weighted by Gasteiger charge is 2.18. The molecule has 0 amide bonds. The van der Waals surface area contributed by atoms with Crippen LogP contribution in [0.3, 0.4) is 0 Å². The second-order valence-electron chi connectivity index (χ2n) is 6.22. The molecule has 0 saturated carbocycles. The molecule has 0 radical (unpaired) electrons. The van der Waals surface area contributed by atoms with Gasteiger partial charge in [-0.2, -0.15) is 0 Å². The summed E-state index contributed by atoms with van der Waals surface area (Å²) in [4.78, 5) is 2.01. The summed E-state index contributed by atoms with van der Waals surface area (Å²) in [6, 6.07) is 17.1. The van der Waals surface area contributed by atoms with Gasteiger partial charge in [-0.15, -0.1) is 12.4 Å². The highest BCUT2D eigenvalue weighted by Crippen LogP contribution is 2.33. The summed E-state index contributed by atoms with van der Waals surface area (Å²) < 4.78 is 0. The third kappa shape index (κ3) is 4.03. The molecule has 1 N–H and O–H groups in total. The molecule has 1 aliphatic rings. The van der Waals surface area contributed by atoms with Crippen LogP contribution in [-0.2, 0) is 12.8 Å². The molecule has 1 aliphatic carbocycles. The molecule has 0 fully saturated rings. The SMILES string of the molecule is CN(C)CC(O)C=C1c2ccccc2CCc2ccccc21.Cl. The van der Waals surface area contributed by atoms with Crippen molar-refractivity contribution < 1.29 is 5.11 Å². The van der Waals surface area contributed by atoms with Gasteiger partial charge in [0.25, 0.3) is 0 Å². The van der Waals surface area contributed by atoms with E-state index >= 15 is 0 Å². The van der Waals surface area contributed by atoms with Crippen LogP contribution in [0, 0.1) is 0 Å². The summed E-state index contributed by atoms with van der Waals surface area (Å²) in [6.45, 7) is 0.633. The quantitative estimate of drug-likeness (QED) is 0.930. The molecule has 0 saturated heterocycles. The fraction of sp³-hybridized carbons (Fsp3) is 0.300. The van der Waals surface area contributed by atoms with Crippen molar-refractivity contribution in [1.82, 2.24) is 4.90 Å². The average Bonchev–Trinajstić information content (AvgIpc) is 2.65. The minimum absolute atomic E-state index is 0. The van der Waals surface area contributed by atoms with Crippen molar-refractivity contribution >= 4 is 18.0 Å². The molecule has 2 aromatic carbocycles. The number of rotatable bonds is 3. The van der Waals surface area contributed by atoms with Gasteiger partial charge in [0.1, 0.15) is 0 Å². The number of hydrogen-bond acceptors (Lipinski definition) is 2. The fourth-order valence-corrected chi connectivity index (χ4v) is 3.22. The molecule has 2 aromatic rings. The summed E-state index contributed by atoms with van der Waals surface area (Å²) >= 11 is 0. The molecule has 23 heavy (non-hydrogen) atoms. The molecule has 0 heterocycles. The first kappa shape index (κ1) is 17.7. The highest BCUT2D eigenvalue weighted by atomic mass is 35.5. The number of benzene rings is 2. The Hall–Kier alpha value is -1.61. The van der Waals surface area contributed by atoms with Crippen molar-refractivity contribution in [3.8, 4) is 0 Å². The van der Waals surface area contributed by atoms with Crippen LogP contribution >= 0.6 is 12.4 Å². The van der Waals surface area contributed by atoms with Gasteiger partial charge in [0, 0.05) is 6.54 Å². The average molecular weight is 330 g/mol. The molecule has 1 atom stereocenters. The molecule has 0 bridgehead atoms. The standard InChI is InChI=1S/C20H23NO.ClH/c1-21(2)14-17(22)13-20-18-9-5-3-7-15(18)11-12-16-8-4-6-10-19(16)20;/h3-10,13,17,22H,11-12,14H2,1-2H3;1H. The second kappa shape index (κ2) is 7.78. The molecule has 0 aromatic heterocycles. The molecule has 122 valence electrons. The summed E-state index contributed by atoms with van der Waals surface area (Å²) in [5.74, 6) is 0. The Morgan fingerprint density at radius 1 is 0.957 bits per heavy atom. The number of likely N-dealkylation sites (N-methyl/N-ethyl adjacent to an activating group) is 1. The maximum atomic E-state index is 10.4. The third-order valence-corrected chi connectivity index (χ3v) is 4.19. The van der Waals surface area contributed by atoms with Crippen molar-refractivity contribution in [1.29, 1.82) is 0 Å². The Morgan fingerprint density at radius 3 is 1.91 bits per heavy atom. The van der Waals surface area contributed by atoms with Crippen molar-refractivity contribution in [3.63, 3.8) is 0 Å².